The molecule has 7 nitrogen and oxygen atoms in total. The molecule has 2 aromatic rings. The predicted octanol–water partition coefficient (Wildman–Crippen LogP) is 3.01. The van der Waals surface area contributed by atoms with Crippen LogP contribution in [0, 0.1) is 17.0 Å². The molecule has 23 heavy (non-hydrogen) atoms. The summed E-state index contributed by atoms with van der Waals surface area (Å²) in [6.45, 7) is 1.83. The second-order valence-corrected chi connectivity index (χ2v) is 5.06. The summed E-state index contributed by atoms with van der Waals surface area (Å²) in [5.41, 5.74) is 0.812. The summed E-state index contributed by atoms with van der Waals surface area (Å²) >= 11 is 5.77. The maximum atomic E-state index is 11.6. The molecule has 1 aromatic carbocycles. The van der Waals surface area contributed by atoms with Crippen molar-refractivity contribution in [3.63, 3.8) is 0 Å². The Morgan fingerprint density at radius 3 is 2.78 bits per heavy atom. The Bertz CT molecular complexity index is 738. The fraction of sp³-hybridized carbons (Fsp3) is 0.200. The Labute approximate surface area is 137 Å². The lowest BCUT2D eigenvalue weighted by Gasteiger charge is -2.03. The monoisotopic (exact) mass is 335 g/mol. The number of halogens is 1. The zero-order valence-corrected chi connectivity index (χ0v) is 13.1. The fourth-order valence-electron chi connectivity index (χ4n) is 1.90. The van der Waals surface area contributed by atoms with Crippen LogP contribution in [-0.4, -0.2) is 27.1 Å². The maximum absolute atomic E-state index is 11.6. The Morgan fingerprint density at radius 2 is 2.13 bits per heavy atom. The van der Waals surface area contributed by atoms with Crippen LogP contribution in [0.4, 0.5) is 5.82 Å². The number of carbonyl (C=O) groups is 1. The third-order valence-electron chi connectivity index (χ3n) is 3.06. The number of benzene rings is 1. The van der Waals surface area contributed by atoms with Crippen molar-refractivity contribution in [3.05, 3.63) is 63.1 Å². The molecule has 0 unspecified atom stereocenters. The van der Waals surface area contributed by atoms with Crippen LogP contribution in [0.25, 0.3) is 6.08 Å². The van der Waals surface area contributed by atoms with Crippen LogP contribution in [0.5, 0.6) is 0 Å². The topological polar surface area (TPSA) is 87.3 Å². The number of hydrogen-bond acceptors (Lipinski definition) is 5. The summed E-state index contributed by atoms with van der Waals surface area (Å²) in [6, 6.07) is 6.97. The number of nitro groups is 1. The van der Waals surface area contributed by atoms with Crippen LogP contribution in [0.15, 0.2) is 36.5 Å². The Balaban J connectivity index is 1.87. The summed E-state index contributed by atoms with van der Waals surface area (Å²) in [5, 5.41) is 11.4. The van der Waals surface area contributed by atoms with E-state index in [4.69, 9.17) is 16.3 Å². The zero-order chi connectivity index (χ0) is 16.8. The summed E-state index contributed by atoms with van der Waals surface area (Å²) in [6.07, 6.45) is 4.07. The molecule has 0 spiro atoms. The van der Waals surface area contributed by atoms with Crippen LogP contribution < -0.4 is 0 Å². The van der Waals surface area contributed by atoms with Gasteiger partial charge in [-0.25, -0.2) is 14.3 Å². The highest BCUT2D eigenvalue weighted by Crippen LogP contribution is 2.13. The van der Waals surface area contributed by atoms with Crippen molar-refractivity contribution in [2.45, 2.75) is 13.5 Å². The van der Waals surface area contributed by atoms with E-state index in [1.54, 1.807) is 37.3 Å². The van der Waals surface area contributed by atoms with Gasteiger partial charge in [-0.1, -0.05) is 23.7 Å². The van der Waals surface area contributed by atoms with Crippen molar-refractivity contribution in [3.8, 4) is 0 Å². The van der Waals surface area contributed by atoms with Crippen LogP contribution >= 0.6 is 11.6 Å². The molecule has 0 N–H and O–H groups in total. The van der Waals surface area contributed by atoms with Crippen molar-refractivity contribution in [2.24, 2.45) is 0 Å². The first-order valence-electron chi connectivity index (χ1n) is 6.74. The number of ether oxygens (including phenoxy) is 1. The number of esters is 1. The third-order valence-corrected chi connectivity index (χ3v) is 3.31. The minimum absolute atomic E-state index is 0.0157. The number of imidazole rings is 1. The van der Waals surface area contributed by atoms with Gasteiger partial charge in [0.1, 0.15) is 19.3 Å². The number of hydrogen-bond donors (Lipinski definition) is 0. The summed E-state index contributed by atoms with van der Waals surface area (Å²) in [7, 11) is 0. The van der Waals surface area contributed by atoms with Gasteiger partial charge in [0.15, 0.2) is 5.82 Å². The van der Waals surface area contributed by atoms with E-state index in [1.807, 2.05) is 0 Å². The minimum atomic E-state index is -0.527. The molecule has 0 aliphatic carbocycles. The molecule has 1 heterocycles. The number of carbonyl (C=O) groups excluding carboxylic acids is 1. The van der Waals surface area contributed by atoms with Gasteiger partial charge in [-0.2, -0.15) is 0 Å². The van der Waals surface area contributed by atoms with Gasteiger partial charge in [-0.15, -0.1) is 0 Å². The third kappa shape index (κ3) is 4.65. The molecule has 0 saturated heterocycles. The van der Waals surface area contributed by atoms with E-state index in [-0.39, 0.29) is 19.0 Å². The molecule has 0 fully saturated rings. The molecule has 0 atom stereocenters. The Kier molecular flexibility index (Phi) is 5.48. The first-order valence-corrected chi connectivity index (χ1v) is 7.12. The SMILES string of the molecule is Cc1ncc([N+](=O)[O-])n1CCOC(=O)/C=C/c1ccc(Cl)cc1. The number of aromatic nitrogens is 2. The lowest BCUT2D eigenvalue weighted by Crippen LogP contribution is -2.12. The van der Waals surface area contributed by atoms with Gasteiger partial charge >= 0.3 is 11.8 Å². The van der Waals surface area contributed by atoms with Crippen molar-refractivity contribution in [1.82, 2.24) is 9.55 Å². The molecular weight excluding hydrogens is 322 g/mol. The van der Waals surface area contributed by atoms with E-state index in [2.05, 4.69) is 4.98 Å². The summed E-state index contributed by atoms with van der Waals surface area (Å²) in [4.78, 5) is 25.8. The second kappa shape index (κ2) is 7.55. The van der Waals surface area contributed by atoms with Gasteiger partial charge in [0.2, 0.25) is 0 Å². The lowest BCUT2D eigenvalue weighted by atomic mass is 10.2. The first-order chi connectivity index (χ1) is 11.0. The molecule has 1 aromatic heterocycles. The molecule has 8 heteroatoms. The van der Waals surface area contributed by atoms with Crippen molar-refractivity contribution >= 4 is 29.5 Å². The minimum Gasteiger partial charge on any atom is -0.458 e. The molecule has 0 aliphatic heterocycles. The van der Waals surface area contributed by atoms with E-state index in [0.29, 0.717) is 10.8 Å². The van der Waals surface area contributed by atoms with Crippen LogP contribution in [-0.2, 0) is 16.1 Å². The molecule has 0 bridgehead atoms. The molecule has 0 amide bonds. The largest absolute Gasteiger partial charge is 0.458 e. The fourth-order valence-corrected chi connectivity index (χ4v) is 2.03. The molecule has 0 aliphatic rings. The second-order valence-electron chi connectivity index (χ2n) is 4.62. The molecular formula is C15H14ClN3O4. The average Bonchev–Trinajstić information content (AvgIpc) is 2.88. The molecule has 0 radical (unpaired) electrons. The smallest absolute Gasteiger partial charge is 0.342 e. The van der Waals surface area contributed by atoms with Gasteiger partial charge in [0.05, 0.1) is 0 Å². The van der Waals surface area contributed by atoms with Crippen LogP contribution in [0.3, 0.4) is 0 Å². The lowest BCUT2D eigenvalue weighted by molar-refractivity contribution is -0.392. The van der Waals surface area contributed by atoms with Crippen LogP contribution in [0.1, 0.15) is 11.4 Å². The van der Waals surface area contributed by atoms with Gasteiger partial charge in [0, 0.05) is 18.0 Å². The quantitative estimate of drug-likeness (QED) is 0.350. The zero-order valence-electron chi connectivity index (χ0n) is 12.3. The molecule has 2 rings (SSSR count). The number of nitrogens with zero attached hydrogens (tertiary/aromatic N) is 3. The Hall–Kier alpha value is -2.67. The van der Waals surface area contributed by atoms with Crippen molar-refractivity contribution in [2.75, 3.05) is 6.61 Å². The Morgan fingerprint density at radius 1 is 1.43 bits per heavy atom. The van der Waals surface area contributed by atoms with E-state index in [1.165, 1.54) is 16.8 Å². The van der Waals surface area contributed by atoms with Gasteiger partial charge in [-0.3, -0.25) is 0 Å². The average molecular weight is 336 g/mol. The summed E-state index contributed by atoms with van der Waals surface area (Å²) < 4.78 is 6.41. The highest BCUT2D eigenvalue weighted by atomic mass is 35.5. The van der Waals surface area contributed by atoms with E-state index in [9.17, 15) is 14.9 Å². The van der Waals surface area contributed by atoms with Gasteiger partial charge in [0.25, 0.3) is 0 Å². The van der Waals surface area contributed by atoms with E-state index in [0.717, 1.165) is 5.56 Å². The number of rotatable bonds is 6. The van der Waals surface area contributed by atoms with Crippen molar-refractivity contribution in [1.29, 1.82) is 0 Å². The summed E-state index contributed by atoms with van der Waals surface area (Å²) in [5.74, 6) is -0.167. The first kappa shape index (κ1) is 16.7. The predicted molar refractivity (Wildman–Crippen MR) is 85.1 cm³/mol. The standard InChI is InChI=1S/C15H14ClN3O4/c1-11-17-10-14(19(21)22)18(11)8-9-23-15(20)7-4-12-2-5-13(16)6-3-12/h2-7,10H,8-9H2,1H3/b7-4+. The highest BCUT2D eigenvalue weighted by molar-refractivity contribution is 6.30. The van der Waals surface area contributed by atoms with Gasteiger partial charge < -0.3 is 14.9 Å². The highest BCUT2D eigenvalue weighted by Gasteiger charge is 2.17. The number of aryl methyl sites for hydroxylation is 1. The van der Waals surface area contributed by atoms with E-state index < -0.39 is 10.9 Å². The molecule has 0 saturated carbocycles. The van der Waals surface area contributed by atoms with E-state index >= 15 is 0 Å². The molecule has 120 valence electrons. The van der Waals surface area contributed by atoms with Crippen molar-refractivity contribution < 1.29 is 14.5 Å². The van der Waals surface area contributed by atoms with Gasteiger partial charge in [-0.05, 0) is 28.7 Å². The normalized spacial score (nSPS) is 10.9. The maximum Gasteiger partial charge on any atom is 0.342 e. The van der Waals surface area contributed by atoms with Crippen LogP contribution in [0.2, 0.25) is 5.02 Å².